The average Bonchev–Trinajstić information content (AvgIpc) is 3.39. The topological polar surface area (TPSA) is 154 Å². The van der Waals surface area contributed by atoms with E-state index in [1.54, 1.807) is 54.6 Å². The lowest BCUT2D eigenvalue weighted by molar-refractivity contribution is -0.384. The molecule has 5 rings (SSSR count). The van der Waals surface area contributed by atoms with E-state index in [-0.39, 0.29) is 37.7 Å². The number of rotatable bonds is 10. The number of hydrogen-bond acceptors (Lipinski definition) is 9. The second kappa shape index (κ2) is 12.1. The first kappa shape index (κ1) is 28.9. The van der Waals surface area contributed by atoms with Crippen LogP contribution in [0, 0.1) is 10.1 Å². The molecule has 0 saturated heterocycles. The Morgan fingerprint density at radius 1 is 1.02 bits per heavy atom. The molecule has 1 aromatic heterocycles. The van der Waals surface area contributed by atoms with E-state index in [1.807, 2.05) is 0 Å². The van der Waals surface area contributed by atoms with Crippen molar-refractivity contribution >= 4 is 67.5 Å². The highest BCUT2D eigenvalue weighted by molar-refractivity contribution is 8.00. The summed E-state index contributed by atoms with van der Waals surface area (Å²) < 4.78 is 39.8. The molecule has 1 unspecified atom stereocenters. The van der Waals surface area contributed by atoms with Gasteiger partial charge in [0.2, 0.25) is 5.91 Å². The average molecular weight is 625 g/mol. The number of non-ortho nitro benzene ring substituents is 1. The maximum Gasteiger partial charge on any atom is 0.271 e. The molecule has 0 fully saturated rings. The highest BCUT2D eigenvalue weighted by Crippen LogP contribution is 2.38. The van der Waals surface area contributed by atoms with Crippen LogP contribution < -0.4 is 14.8 Å². The number of sulfonamides is 1. The smallest absolute Gasteiger partial charge is 0.271 e. The van der Waals surface area contributed by atoms with Crippen LogP contribution in [0.4, 0.5) is 17.1 Å². The SMILES string of the molecule is COc1ccccc1NS(=O)(=O)c1ccc2oc(SC(C(=O)Nc3ccc([N+](=O)[O-])cc3Cl)c3ccccc3)nc2c1. The maximum absolute atomic E-state index is 13.4. The van der Waals surface area contributed by atoms with Crippen LogP contribution in [0.3, 0.4) is 0 Å². The summed E-state index contributed by atoms with van der Waals surface area (Å²) in [4.78, 5) is 28.3. The van der Waals surface area contributed by atoms with Gasteiger partial charge in [0, 0.05) is 12.1 Å². The molecule has 11 nitrogen and oxygen atoms in total. The molecule has 0 aliphatic rings. The van der Waals surface area contributed by atoms with E-state index in [9.17, 15) is 23.3 Å². The fraction of sp³-hybridized carbons (Fsp3) is 0.0714. The van der Waals surface area contributed by atoms with Crippen molar-refractivity contribution in [3.8, 4) is 5.75 Å². The number of nitro groups is 1. The Bertz CT molecular complexity index is 1900. The van der Waals surface area contributed by atoms with E-state index in [0.29, 0.717) is 16.9 Å². The van der Waals surface area contributed by atoms with Gasteiger partial charge < -0.3 is 14.5 Å². The number of aromatic nitrogens is 1. The highest BCUT2D eigenvalue weighted by atomic mass is 35.5. The van der Waals surface area contributed by atoms with Gasteiger partial charge in [-0.1, -0.05) is 54.1 Å². The van der Waals surface area contributed by atoms with E-state index in [0.717, 1.165) is 17.8 Å². The zero-order valence-electron chi connectivity index (χ0n) is 21.7. The number of anilines is 2. The summed E-state index contributed by atoms with van der Waals surface area (Å²) in [7, 11) is -2.55. The van der Waals surface area contributed by atoms with Crippen LogP contribution in [-0.2, 0) is 14.8 Å². The van der Waals surface area contributed by atoms with Gasteiger partial charge in [-0.2, -0.15) is 0 Å². The van der Waals surface area contributed by atoms with Gasteiger partial charge in [-0.15, -0.1) is 0 Å². The predicted octanol–water partition coefficient (Wildman–Crippen LogP) is 6.67. The Hall–Kier alpha value is -4.59. The lowest BCUT2D eigenvalue weighted by Crippen LogP contribution is -2.19. The number of methoxy groups -OCH3 is 1. The number of thioether (sulfide) groups is 1. The van der Waals surface area contributed by atoms with Gasteiger partial charge >= 0.3 is 0 Å². The molecule has 0 radical (unpaired) electrons. The number of benzene rings is 4. The van der Waals surface area contributed by atoms with Crippen molar-refractivity contribution in [2.24, 2.45) is 0 Å². The number of amides is 1. The third-order valence-electron chi connectivity index (χ3n) is 5.98. The van der Waals surface area contributed by atoms with Crippen LogP contribution in [0.15, 0.2) is 106 Å². The zero-order valence-corrected chi connectivity index (χ0v) is 24.1. The van der Waals surface area contributed by atoms with Crippen molar-refractivity contribution in [1.29, 1.82) is 0 Å². The maximum atomic E-state index is 13.4. The summed E-state index contributed by atoms with van der Waals surface area (Å²) in [6, 6.07) is 23.5. The molecule has 1 atom stereocenters. The number of nitrogens with one attached hydrogen (secondary N) is 2. The van der Waals surface area contributed by atoms with Crippen molar-refractivity contribution in [2.75, 3.05) is 17.1 Å². The molecule has 5 aromatic rings. The second-order valence-corrected chi connectivity index (χ2v) is 11.9. The third kappa shape index (κ3) is 6.33. The predicted molar refractivity (Wildman–Crippen MR) is 160 cm³/mol. The van der Waals surface area contributed by atoms with E-state index < -0.39 is 26.1 Å². The quantitative estimate of drug-likeness (QED) is 0.0984. The molecule has 0 bridgehead atoms. The monoisotopic (exact) mass is 624 g/mol. The van der Waals surface area contributed by atoms with Gasteiger partial charge in [0.25, 0.3) is 20.9 Å². The Kier molecular flexibility index (Phi) is 8.34. The summed E-state index contributed by atoms with van der Waals surface area (Å²) in [6.07, 6.45) is 0. The number of oxazole rings is 1. The number of carbonyl (C=O) groups is 1. The molecule has 2 N–H and O–H groups in total. The second-order valence-electron chi connectivity index (χ2n) is 8.73. The van der Waals surface area contributed by atoms with E-state index in [2.05, 4.69) is 15.0 Å². The van der Waals surface area contributed by atoms with Gasteiger partial charge in [-0.25, -0.2) is 13.4 Å². The molecule has 42 heavy (non-hydrogen) atoms. The van der Waals surface area contributed by atoms with Crippen molar-refractivity contribution in [1.82, 2.24) is 4.98 Å². The third-order valence-corrected chi connectivity index (χ3v) is 8.76. The van der Waals surface area contributed by atoms with E-state index >= 15 is 0 Å². The number of carbonyl (C=O) groups excluding carboxylic acids is 1. The Labute approximate surface area is 249 Å². The van der Waals surface area contributed by atoms with Crippen LogP contribution >= 0.6 is 23.4 Å². The van der Waals surface area contributed by atoms with Crippen molar-refractivity contribution in [2.45, 2.75) is 15.4 Å². The lowest BCUT2D eigenvalue weighted by atomic mass is 10.1. The number of nitro benzene ring substituents is 1. The Morgan fingerprint density at radius 2 is 1.76 bits per heavy atom. The minimum Gasteiger partial charge on any atom is -0.495 e. The molecule has 14 heteroatoms. The van der Waals surface area contributed by atoms with Crippen molar-refractivity contribution in [3.63, 3.8) is 0 Å². The first-order chi connectivity index (χ1) is 20.1. The largest absolute Gasteiger partial charge is 0.495 e. The number of fused-ring (bicyclic) bond motifs is 1. The molecular formula is C28H21ClN4O7S2. The molecule has 0 aliphatic carbocycles. The molecule has 214 valence electrons. The summed E-state index contributed by atoms with van der Waals surface area (Å²) >= 11 is 7.19. The summed E-state index contributed by atoms with van der Waals surface area (Å²) in [5.74, 6) is -0.115. The van der Waals surface area contributed by atoms with Crippen molar-refractivity contribution in [3.05, 3.63) is 112 Å². The Morgan fingerprint density at radius 3 is 2.48 bits per heavy atom. The number of halogens is 1. The fourth-order valence-corrected chi connectivity index (χ4v) is 6.22. The number of para-hydroxylation sites is 2. The van der Waals surface area contributed by atoms with Gasteiger partial charge in [0.05, 0.1) is 33.3 Å². The minimum absolute atomic E-state index is 0.00620. The molecule has 4 aromatic carbocycles. The summed E-state index contributed by atoms with van der Waals surface area (Å²) in [5.41, 5.74) is 1.48. The first-order valence-electron chi connectivity index (χ1n) is 12.2. The van der Waals surface area contributed by atoms with E-state index in [4.69, 9.17) is 20.8 Å². The van der Waals surface area contributed by atoms with Gasteiger partial charge in [-0.05, 0) is 53.7 Å². The van der Waals surface area contributed by atoms with Crippen LogP contribution in [0.5, 0.6) is 5.75 Å². The van der Waals surface area contributed by atoms with Gasteiger partial charge in [-0.3, -0.25) is 19.6 Å². The standard InChI is InChI=1S/C28H21ClN4O7S2/c1-39-24-10-6-5-9-22(24)32-42(37,38)19-12-14-25-23(16-19)31-28(40-25)41-26(17-7-3-2-4-8-17)27(34)30-21-13-11-18(33(35)36)15-20(21)29/h2-16,26,32H,1H3,(H,30,34). The van der Waals surface area contributed by atoms with E-state index in [1.165, 1.54) is 37.4 Å². The molecular weight excluding hydrogens is 604 g/mol. The molecule has 1 amide bonds. The molecule has 0 aliphatic heterocycles. The first-order valence-corrected chi connectivity index (χ1v) is 14.9. The van der Waals surface area contributed by atoms with Crippen LogP contribution in [-0.4, -0.2) is 31.3 Å². The molecule has 0 saturated carbocycles. The zero-order chi connectivity index (χ0) is 29.9. The minimum atomic E-state index is -3.99. The lowest BCUT2D eigenvalue weighted by Gasteiger charge is -2.16. The fourth-order valence-electron chi connectivity index (χ4n) is 3.96. The number of ether oxygens (including phenoxy) is 1. The normalized spacial score (nSPS) is 12.0. The van der Waals surface area contributed by atoms with Crippen LogP contribution in [0.1, 0.15) is 10.8 Å². The highest BCUT2D eigenvalue weighted by Gasteiger charge is 2.26. The summed E-state index contributed by atoms with van der Waals surface area (Å²) in [6.45, 7) is 0. The molecule has 0 spiro atoms. The van der Waals surface area contributed by atoms with Gasteiger partial charge in [0.15, 0.2) is 5.58 Å². The Balaban J connectivity index is 1.41. The van der Waals surface area contributed by atoms with Crippen molar-refractivity contribution < 1.29 is 27.3 Å². The van der Waals surface area contributed by atoms with Crippen LogP contribution in [0.2, 0.25) is 5.02 Å². The van der Waals surface area contributed by atoms with Crippen LogP contribution in [0.25, 0.3) is 11.1 Å². The summed E-state index contributed by atoms with van der Waals surface area (Å²) in [5, 5.41) is 13.0. The van der Waals surface area contributed by atoms with Gasteiger partial charge in [0.1, 0.15) is 16.5 Å². The number of nitrogens with zero attached hydrogens (tertiary/aromatic N) is 2. The molecule has 1 heterocycles. The number of hydrogen-bond donors (Lipinski definition) is 2.